The fourth-order valence-electron chi connectivity index (χ4n) is 4.42. The predicted molar refractivity (Wildman–Crippen MR) is 129 cm³/mol. The number of halogens is 3. The largest absolute Gasteiger partial charge is 0.534 e. The monoisotopic (exact) mass is 520 g/mol. The summed E-state index contributed by atoms with van der Waals surface area (Å²) in [7, 11) is -5.75. The number of aliphatic hydroxyl groups excluding tert-OH is 1. The Labute approximate surface area is 208 Å². The summed E-state index contributed by atoms with van der Waals surface area (Å²) >= 11 is 0. The maximum absolute atomic E-state index is 12.8. The van der Waals surface area contributed by atoms with Gasteiger partial charge in [-0.15, -0.1) is 0 Å². The molecule has 3 aromatic rings. The molecular weight excluding hydrogens is 493 g/mol. The van der Waals surface area contributed by atoms with Gasteiger partial charge in [0.2, 0.25) is 0 Å². The molecule has 2 aromatic carbocycles. The molecule has 0 amide bonds. The summed E-state index contributed by atoms with van der Waals surface area (Å²) in [5, 5.41) is 11.0. The molecule has 1 aromatic heterocycles. The topological polar surface area (TPSA) is 79.7 Å². The first-order chi connectivity index (χ1) is 17.0. The number of hydrogen-bond acceptors (Lipinski definition) is 6. The lowest BCUT2D eigenvalue weighted by Gasteiger charge is -2.36. The molecule has 10 heteroatoms. The molecular formula is C26H27F3N2O4S. The van der Waals surface area contributed by atoms with E-state index in [2.05, 4.69) is 14.1 Å². The summed E-state index contributed by atoms with van der Waals surface area (Å²) in [5.41, 5.74) is -1.23. The maximum Gasteiger partial charge on any atom is 0.534 e. The first-order valence-corrected chi connectivity index (χ1v) is 12.9. The molecule has 192 valence electrons. The highest BCUT2D eigenvalue weighted by Crippen LogP contribution is 2.32. The van der Waals surface area contributed by atoms with Crippen LogP contribution in [-0.2, 0) is 29.5 Å². The first kappa shape index (κ1) is 26.1. The van der Waals surface area contributed by atoms with Gasteiger partial charge in [-0.3, -0.25) is 9.88 Å². The van der Waals surface area contributed by atoms with Crippen molar-refractivity contribution in [2.24, 2.45) is 0 Å². The van der Waals surface area contributed by atoms with Crippen molar-refractivity contribution >= 4 is 10.1 Å². The number of benzene rings is 2. The van der Waals surface area contributed by atoms with Crippen LogP contribution in [0.3, 0.4) is 0 Å². The highest BCUT2D eigenvalue weighted by Gasteiger charge is 2.48. The molecule has 0 bridgehead atoms. The van der Waals surface area contributed by atoms with Crippen molar-refractivity contribution in [2.75, 3.05) is 6.54 Å². The predicted octanol–water partition coefficient (Wildman–Crippen LogP) is 4.71. The van der Waals surface area contributed by atoms with Crippen molar-refractivity contribution in [3.05, 3.63) is 94.8 Å². The van der Waals surface area contributed by atoms with Gasteiger partial charge in [-0.05, 0) is 61.1 Å². The molecule has 1 aliphatic rings. The van der Waals surface area contributed by atoms with E-state index in [-0.39, 0.29) is 11.8 Å². The zero-order chi connectivity index (χ0) is 25.9. The second-order valence-electron chi connectivity index (χ2n) is 8.97. The minimum absolute atomic E-state index is 0.0276. The van der Waals surface area contributed by atoms with Crippen molar-refractivity contribution < 1.29 is 30.9 Å². The Balaban J connectivity index is 1.56. The Hall–Kier alpha value is -2.95. The lowest BCUT2D eigenvalue weighted by molar-refractivity contribution is -0.0500. The number of rotatable bonds is 8. The van der Waals surface area contributed by atoms with Gasteiger partial charge < -0.3 is 9.29 Å². The molecule has 1 N–H and O–H groups in total. The third-order valence-corrected chi connectivity index (χ3v) is 7.32. The molecule has 2 atom stereocenters. The quantitative estimate of drug-likeness (QED) is 0.342. The van der Waals surface area contributed by atoms with Crippen LogP contribution in [0.4, 0.5) is 13.2 Å². The summed E-state index contributed by atoms with van der Waals surface area (Å²) in [6.45, 7) is 2.77. The van der Waals surface area contributed by atoms with E-state index in [0.29, 0.717) is 31.5 Å². The number of alkyl halides is 3. The second-order valence-corrected chi connectivity index (χ2v) is 10.5. The average molecular weight is 521 g/mol. The summed E-state index contributed by atoms with van der Waals surface area (Å²) in [6.07, 6.45) is 2.79. The molecule has 6 nitrogen and oxygen atoms in total. The van der Waals surface area contributed by atoms with Gasteiger partial charge in [0.25, 0.3) is 0 Å². The molecule has 0 spiro atoms. The lowest BCUT2D eigenvalue weighted by Crippen LogP contribution is -2.41. The highest BCUT2D eigenvalue weighted by molar-refractivity contribution is 7.88. The zero-order valence-electron chi connectivity index (χ0n) is 19.6. The summed E-state index contributed by atoms with van der Waals surface area (Å²) < 4.78 is 65.6. The van der Waals surface area contributed by atoms with E-state index in [9.17, 15) is 26.7 Å². The molecule has 0 fully saturated rings. The summed E-state index contributed by atoms with van der Waals surface area (Å²) in [6, 6.07) is 17.7. The van der Waals surface area contributed by atoms with Gasteiger partial charge in [0, 0.05) is 36.6 Å². The van der Waals surface area contributed by atoms with E-state index < -0.39 is 21.7 Å². The smallest absolute Gasteiger partial charge is 0.387 e. The van der Waals surface area contributed by atoms with E-state index in [4.69, 9.17) is 0 Å². The van der Waals surface area contributed by atoms with Gasteiger partial charge in [-0.25, -0.2) is 0 Å². The Morgan fingerprint density at radius 1 is 1.11 bits per heavy atom. The van der Waals surface area contributed by atoms with E-state index in [1.54, 1.807) is 12.3 Å². The van der Waals surface area contributed by atoms with Gasteiger partial charge in [0.1, 0.15) is 5.75 Å². The number of aryl methyl sites for hydroxylation is 2. The Morgan fingerprint density at radius 3 is 2.53 bits per heavy atom. The second kappa shape index (κ2) is 10.6. The fourth-order valence-corrected chi connectivity index (χ4v) is 4.87. The van der Waals surface area contributed by atoms with Crippen molar-refractivity contribution in [1.29, 1.82) is 0 Å². The van der Waals surface area contributed by atoms with Crippen LogP contribution >= 0.6 is 0 Å². The van der Waals surface area contributed by atoms with E-state index in [0.717, 1.165) is 28.8 Å². The number of pyridine rings is 1. The van der Waals surface area contributed by atoms with Gasteiger partial charge in [0.05, 0.1) is 6.10 Å². The number of nitrogens with zero attached hydrogens (tertiary/aromatic N) is 2. The zero-order valence-corrected chi connectivity index (χ0v) is 20.5. The van der Waals surface area contributed by atoms with Crippen molar-refractivity contribution in [3.63, 3.8) is 0 Å². The average Bonchev–Trinajstić information content (AvgIpc) is 2.83. The number of aliphatic hydroxyl groups is 1. The maximum atomic E-state index is 12.8. The Morgan fingerprint density at radius 2 is 1.86 bits per heavy atom. The van der Waals surface area contributed by atoms with Crippen LogP contribution < -0.4 is 4.18 Å². The van der Waals surface area contributed by atoms with Crippen LogP contribution in [0.5, 0.6) is 5.75 Å². The molecule has 4 rings (SSSR count). The summed E-state index contributed by atoms with van der Waals surface area (Å²) in [5.74, 6) is -0.368. The van der Waals surface area contributed by atoms with Crippen LogP contribution in [0.15, 0.2) is 66.9 Å². The van der Waals surface area contributed by atoms with Crippen LogP contribution in [0.2, 0.25) is 0 Å². The lowest BCUT2D eigenvalue weighted by atomic mass is 9.87. The van der Waals surface area contributed by atoms with E-state index in [1.165, 1.54) is 12.1 Å². The minimum Gasteiger partial charge on any atom is -0.387 e. The Bertz CT molecular complexity index is 1280. The van der Waals surface area contributed by atoms with Gasteiger partial charge in [0.15, 0.2) is 0 Å². The van der Waals surface area contributed by atoms with E-state index >= 15 is 0 Å². The molecule has 36 heavy (non-hydrogen) atoms. The molecule has 1 heterocycles. The third kappa shape index (κ3) is 6.24. The Kier molecular flexibility index (Phi) is 7.67. The van der Waals surface area contributed by atoms with Gasteiger partial charge in [-0.1, -0.05) is 42.5 Å². The van der Waals surface area contributed by atoms with E-state index in [1.807, 2.05) is 49.4 Å². The summed E-state index contributed by atoms with van der Waals surface area (Å²) in [4.78, 5) is 6.42. The molecule has 0 saturated carbocycles. The van der Waals surface area contributed by atoms with Crippen LogP contribution in [-0.4, -0.2) is 41.5 Å². The minimum atomic E-state index is -5.75. The van der Waals surface area contributed by atoms with Crippen LogP contribution in [0.25, 0.3) is 0 Å². The molecule has 0 radical (unpaired) electrons. The number of fused-ring (bicyclic) bond motifs is 1. The SMILES string of the molecule is Cc1ccc([C@@H](O)CN(Cc2ccccc2)[C@H]2CCc3ccc(OS(=O)(=O)C(F)(F)F)cc3C2)cn1. The van der Waals surface area contributed by atoms with Crippen molar-refractivity contribution in [2.45, 2.75) is 50.4 Å². The van der Waals surface area contributed by atoms with Crippen molar-refractivity contribution in [3.8, 4) is 5.75 Å². The standard InChI is InChI=1S/C26H27F3N2O4S/c1-18-7-8-21(15-30-18)25(32)17-31(16-19-5-3-2-4-6-19)23-11-9-20-10-12-24(14-22(20)13-23)35-36(33,34)26(27,28)29/h2-8,10,12,14-15,23,25,32H,9,11,13,16-17H2,1H3/t23-,25-/m0/s1. The van der Waals surface area contributed by atoms with Crippen LogP contribution in [0, 0.1) is 6.92 Å². The highest BCUT2D eigenvalue weighted by atomic mass is 32.2. The molecule has 0 aliphatic heterocycles. The van der Waals surface area contributed by atoms with Gasteiger partial charge >= 0.3 is 15.6 Å². The molecule has 1 aliphatic carbocycles. The fraction of sp³-hybridized carbons (Fsp3) is 0.346. The molecule has 0 unspecified atom stereocenters. The number of hydrogen-bond donors (Lipinski definition) is 1. The molecule has 0 saturated heterocycles. The number of aromatic nitrogens is 1. The van der Waals surface area contributed by atoms with Crippen LogP contribution in [0.1, 0.15) is 40.5 Å². The third-order valence-electron chi connectivity index (χ3n) is 6.34. The normalized spacial score (nSPS) is 17.0. The van der Waals surface area contributed by atoms with Crippen molar-refractivity contribution in [1.82, 2.24) is 9.88 Å². The first-order valence-electron chi connectivity index (χ1n) is 11.5. The van der Waals surface area contributed by atoms with Gasteiger partial charge in [-0.2, -0.15) is 21.6 Å².